The summed E-state index contributed by atoms with van der Waals surface area (Å²) in [6.45, 7) is 13.2. The summed E-state index contributed by atoms with van der Waals surface area (Å²) in [6.07, 6.45) is 75.8. The van der Waals surface area contributed by atoms with Crippen molar-refractivity contribution in [2.45, 2.75) is 365 Å². The van der Waals surface area contributed by atoms with Crippen molar-refractivity contribution < 1.29 is 48.0 Å². The van der Waals surface area contributed by atoms with Gasteiger partial charge in [0, 0.05) is 10.4 Å². The second-order valence-electron chi connectivity index (χ2n) is 27.4. The monoisotopic (exact) mass is 1220 g/mol. The Bertz CT molecular complexity index is 1040. The molecule has 0 rings (SSSR count). The van der Waals surface area contributed by atoms with Crippen molar-refractivity contribution in [3.05, 3.63) is 0 Å². The predicted octanol–water partition coefficient (Wildman–Crippen LogP) is 18.7. The molecule has 0 N–H and O–H groups in total. The molecule has 0 aromatic rings. The maximum absolute atomic E-state index is 8.52. The van der Waals surface area contributed by atoms with E-state index in [2.05, 4.69) is 91.1 Å². The molecule has 0 aromatic heterocycles. The third kappa shape index (κ3) is 122. The summed E-state index contributed by atoms with van der Waals surface area (Å²) < 4.78 is 39.0. The molecule has 0 saturated heterocycles. The van der Waals surface area contributed by atoms with E-state index in [0.717, 1.165) is 13.4 Å². The van der Waals surface area contributed by atoms with Gasteiger partial charge in [-0.2, -0.15) is 0 Å². The van der Waals surface area contributed by atoms with Gasteiger partial charge in [-0.1, -0.05) is 252 Å². The number of unbranched alkanes of at least 4 members (excludes halogenated alkanes) is 48. The summed E-state index contributed by atoms with van der Waals surface area (Å²) in [6, 6.07) is 0. The Morgan fingerprint density at radius 1 is 0.241 bits per heavy atom. The number of hydrogen-bond acceptors (Lipinski definition) is 4. The first-order chi connectivity index (χ1) is 37.1. The quantitative estimate of drug-likeness (QED) is 0.0200. The fourth-order valence-corrected chi connectivity index (χ4v) is 10.6. The molecule has 0 aliphatic heterocycles. The Kier molecular flexibility index (Phi) is 85.0. The van der Waals surface area contributed by atoms with Gasteiger partial charge >= 0.3 is 103 Å². The van der Waals surface area contributed by atoms with Crippen LogP contribution in [0.3, 0.4) is 0 Å². The van der Waals surface area contributed by atoms with Gasteiger partial charge in [0.1, 0.15) is 0 Å². The molecule has 0 fully saturated rings. The maximum atomic E-state index is 8.52. The molecule has 79 heavy (non-hydrogen) atoms. The van der Waals surface area contributed by atoms with Crippen LogP contribution >= 0.6 is 0 Å². The van der Waals surface area contributed by atoms with E-state index < -0.39 is 10.4 Å². The average Bonchev–Trinajstić information content (AvgIpc) is 3.35. The Hall–Kier alpha value is 1.23. The second-order valence-corrected chi connectivity index (χ2v) is 29.2. The molecule has 480 valence electrons. The van der Waals surface area contributed by atoms with Crippen molar-refractivity contribution in [3.63, 3.8) is 0 Å². The first-order valence-electron chi connectivity index (χ1n) is 35.2. The van der Waals surface area contributed by atoms with Gasteiger partial charge in [0.15, 0.2) is 0 Å². The Morgan fingerprint density at radius 2 is 0.342 bits per heavy atom. The van der Waals surface area contributed by atoms with Crippen molar-refractivity contribution >= 4 is 38.3 Å². The maximum Gasteiger partial charge on any atom is 0.0311 e. The van der Waals surface area contributed by atoms with E-state index in [1.807, 2.05) is 0 Å². The van der Waals surface area contributed by atoms with Crippen LogP contribution in [0.2, 0.25) is 3.67 Å². The number of nitrogens with zero attached hydrogens (tertiary/aromatic N) is 3. The topological polar surface area (TPSA) is 80.3 Å². The molecular weight excluding hydrogens is 1070 g/mol. The molecule has 0 spiro atoms. The van der Waals surface area contributed by atoms with Crippen LogP contribution in [0.1, 0.15) is 362 Å². The van der Waals surface area contributed by atoms with Crippen molar-refractivity contribution in [1.29, 1.82) is 0 Å². The zero-order valence-electron chi connectivity index (χ0n) is 57.4. The largest absolute Gasteiger partial charge is 1.00 e. The van der Waals surface area contributed by atoms with E-state index in [4.69, 9.17) is 17.5 Å². The third-order valence-electron chi connectivity index (χ3n) is 15.3. The van der Waals surface area contributed by atoms with E-state index in [0.29, 0.717) is 0 Å². The summed E-state index contributed by atoms with van der Waals surface area (Å²) in [7, 11) is 15.5. The molecule has 0 heterocycles. The summed E-state index contributed by atoms with van der Waals surface area (Å²) in [5, 5.41) is 0. The van der Waals surface area contributed by atoms with Crippen LogP contribution in [0.4, 0.5) is 0 Å². The van der Waals surface area contributed by atoms with Crippen LogP contribution < -0.4 is 17.0 Å². The molecule has 0 aliphatic carbocycles. The van der Waals surface area contributed by atoms with Crippen LogP contribution in [0.15, 0.2) is 0 Å². The van der Waals surface area contributed by atoms with Gasteiger partial charge in [-0.3, -0.25) is 8.42 Å². The molecule has 0 amide bonds. The van der Waals surface area contributed by atoms with Crippen LogP contribution in [0.25, 0.3) is 0 Å². The summed E-state index contributed by atoms with van der Waals surface area (Å²) in [5.41, 5.74) is 0. The van der Waals surface area contributed by atoms with Crippen molar-refractivity contribution in [1.82, 2.24) is 0 Å². The van der Waals surface area contributed by atoms with E-state index in [1.54, 1.807) is 0 Å². The van der Waals surface area contributed by atoms with Crippen LogP contribution in [-0.4, -0.2) is 142 Å². The molecule has 0 atom stereocenters. The predicted molar refractivity (Wildman–Crippen MR) is 353 cm³/mol. The van der Waals surface area contributed by atoms with Crippen molar-refractivity contribution in [3.8, 4) is 0 Å². The van der Waals surface area contributed by atoms with Gasteiger partial charge in [0.05, 0.1) is 83.1 Å². The summed E-state index contributed by atoms with van der Waals surface area (Å²) >= 11 is 1.41. The molecular formula is C69H151BrN3NaO4S. The molecule has 0 unspecified atom stereocenters. The molecule has 10 heteroatoms. The SMILES string of the molecule is CCCCCCCCCCCCCCCC[N+](C)(C)C.CCCCCCCCCCCCCCCC[N+](C)(C)C.CCCCCCCCCCCCCCCC[N+](C)(C)C.CCCCCCCCCCC[CH2][Na].O=S(=O)([O-])[O-].[Br-]. The van der Waals surface area contributed by atoms with Crippen LogP contribution in [-0.2, 0) is 10.4 Å². The minimum Gasteiger partial charge on any atom is -1.00 e. The van der Waals surface area contributed by atoms with Gasteiger partial charge < -0.3 is 39.5 Å². The summed E-state index contributed by atoms with van der Waals surface area (Å²) in [4.78, 5) is 0. The molecule has 0 aromatic carbocycles. The van der Waals surface area contributed by atoms with Gasteiger partial charge in [-0.15, -0.1) is 0 Å². The average molecular weight is 1220 g/mol. The van der Waals surface area contributed by atoms with Gasteiger partial charge in [-0.25, -0.2) is 0 Å². The minimum absolute atomic E-state index is 0. The van der Waals surface area contributed by atoms with E-state index >= 15 is 0 Å². The Labute approximate surface area is 530 Å². The first kappa shape index (κ1) is 91.4. The Morgan fingerprint density at radius 3 is 0.443 bits per heavy atom. The molecule has 0 aliphatic rings. The van der Waals surface area contributed by atoms with Crippen LogP contribution in [0.5, 0.6) is 0 Å². The third-order valence-corrected chi connectivity index (χ3v) is 16.0. The van der Waals surface area contributed by atoms with Crippen LogP contribution in [0, 0.1) is 0 Å². The number of quaternary nitrogens is 3. The number of halogens is 1. The molecule has 7 nitrogen and oxygen atoms in total. The first-order valence-corrected chi connectivity index (χ1v) is 37.9. The minimum atomic E-state index is -5.17. The van der Waals surface area contributed by atoms with E-state index in [1.165, 1.54) is 385 Å². The molecule has 0 bridgehead atoms. The van der Waals surface area contributed by atoms with Crippen molar-refractivity contribution in [2.24, 2.45) is 0 Å². The molecule has 0 radical (unpaired) electrons. The fraction of sp³-hybridized carbons (Fsp3) is 1.00. The normalized spacial score (nSPS) is 11.6. The zero-order valence-corrected chi connectivity index (χ0v) is 61.8. The van der Waals surface area contributed by atoms with Gasteiger partial charge in [0.2, 0.25) is 0 Å². The number of hydrogen-bond donors (Lipinski definition) is 0. The second kappa shape index (κ2) is 73.5. The standard InChI is InChI=1S/3C19H42N.C12H25.BrH.Na.H2O4S/c3*1-5-6-7-8-9-10-11-12-13-14-15-16-17-18-19-20(2,3)4;1-3-5-7-9-11-12-10-8-6-4-2;;;1-5(2,3)4/h3*5-19H2,1-4H3;1,3-12H2,2H3;1H;;(H2,1,2,3,4)/q3*+1;;;;/p-3. The van der Waals surface area contributed by atoms with Crippen molar-refractivity contribution in [2.75, 3.05) is 83.1 Å². The zero-order chi connectivity index (χ0) is 59.6. The number of rotatable bonds is 55. The van der Waals surface area contributed by atoms with Gasteiger partial charge in [0.25, 0.3) is 0 Å². The fourth-order valence-electron chi connectivity index (χ4n) is 10.1. The summed E-state index contributed by atoms with van der Waals surface area (Å²) in [5.74, 6) is 0. The van der Waals surface area contributed by atoms with E-state index in [-0.39, 0.29) is 17.0 Å². The Balaban J connectivity index is -0.000000219. The van der Waals surface area contributed by atoms with E-state index in [9.17, 15) is 0 Å². The smallest absolute Gasteiger partial charge is 0.0311 e. The molecule has 0 saturated carbocycles. The van der Waals surface area contributed by atoms with Gasteiger partial charge in [-0.05, 0) is 38.5 Å².